The molecule has 3 rings (SSSR count). The minimum absolute atomic E-state index is 0.0890. The van der Waals surface area contributed by atoms with Gasteiger partial charge in [0, 0.05) is 24.3 Å². The second kappa shape index (κ2) is 7.68. The van der Waals surface area contributed by atoms with Crippen molar-refractivity contribution in [2.75, 3.05) is 18.0 Å². The predicted octanol–water partition coefficient (Wildman–Crippen LogP) is 4.43. The van der Waals surface area contributed by atoms with Gasteiger partial charge in [-0.3, -0.25) is 9.59 Å². The number of anilines is 1. The topological polar surface area (TPSA) is 40.6 Å². The zero-order valence-corrected chi connectivity index (χ0v) is 16.2. The van der Waals surface area contributed by atoms with Crippen LogP contribution in [0.15, 0.2) is 42.5 Å². The molecule has 0 aromatic heterocycles. The molecule has 1 aliphatic heterocycles. The van der Waals surface area contributed by atoms with Crippen molar-refractivity contribution in [1.82, 2.24) is 4.90 Å². The molecule has 0 radical (unpaired) electrons. The van der Waals surface area contributed by atoms with Crippen molar-refractivity contribution in [1.29, 1.82) is 0 Å². The number of hydrogen-bond acceptors (Lipinski definition) is 2. The van der Waals surface area contributed by atoms with E-state index in [2.05, 4.69) is 6.92 Å². The van der Waals surface area contributed by atoms with Crippen LogP contribution in [0.5, 0.6) is 0 Å². The molecule has 1 atom stereocenters. The lowest BCUT2D eigenvalue weighted by molar-refractivity contribution is -0.124. The van der Waals surface area contributed by atoms with Crippen molar-refractivity contribution >= 4 is 40.7 Å². The van der Waals surface area contributed by atoms with Gasteiger partial charge in [0.2, 0.25) is 5.91 Å². The number of nitrogens with zero attached hydrogens (tertiary/aromatic N) is 2. The molecule has 1 saturated heterocycles. The van der Waals surface area contributed by atoms with Gasteiger partial charge in [0.15, 0.2) is 0 Å². The van der Waals surface area contributed by atoms with E-state index in [0.29, 0.717) is 28.7 Å². The third-order valence-corrected chi connectivity index (χ3v) is 5.48. The molecule has 136 valence electrons. The molecule has 0 spiro atoms. The molecule has 1 aliphatic rings. The Morgan fingerprint density at radius 1 is 1.08 bits per heavy atom. The van der Waals surface area contributed by atoms with Crippen molar-refractivity contribution < 1.29 is 9.59 Å². The number of benzene rings is 2. The smallest absolute Gasteiger partial charge is 0.254 e. The molecule has 1 heterocycles. The van der Waals surface area contributed by atoms with E-state index < -0.39 is 6.04 Å². The first-order valence-electron chi connectivity index (χ1n) is 8.58. The lowest BCUT2D eigenvalue weighted by atomic mass is 10.1. The molecular formula is C20H20Cl2N2O2. The molecule has 2 amide bonds. The number of hydrogen-bond donors (Lipinski definition) is 0. The van der Waals surface area contributed by atoms with Gasteiger partial charge in [-0.2, -0.15) is 0 Å². The van der Waals surface area contributed by atoms with Crippen LogP contribution in [0.1, 0.15) is 29.8 Å². The summed E-state index contributed by atoms with van der Waals surface area (Å²) in [6.07, 6.45) is 0.955. The van der Waals surface area contributed by atoms with Gasteiger partial charge in [-0.15, -0.1) is 0 Å². The average Bonchev–Trinajstić information content (AvgIpc) is 2.66. The highest BCUT2D eigenvalue weighted by Gasteiger charge is 2.35. The molecule has 0 bridgehead atoms. The van der Waals surface area contributed by atoms with Gasteiger partial charge in [-0.1, -0.05) is 42.3 Å². The van der Waals surface area contributed by atoms with E-state index in [-0.39, 0.29) is 11.8 Å². The highest BCUT2D eigenvalue weighted by molar-refractivity contribution is 6.42. The summed E-state index contributed by atoms with van der Waals surface area (Å²) in [7, 11) is 0. The number of amides is 2. The van der Waals surface area contributed by atoms with Crippen LogP contribution in [0, 0.1) is 0 Å². The monoisotopic (exact) mass is 390 g/mol. The standard InChI is InChI=1S/C20H20Cl2N2O2/c1-3-14-4-7-16(8-5-14)24-11-10-23(13(2)19(24)25)20(26)15-6-9-17(21)18(22)12-15/h4-9,12-13H,3,10-11H2,1-2H3/t13-/m0/s1. The third-order valence-electron chi connectivity index (χ3n) is 4.74. The van der Waals surface area contributed by atoms with Crippen molar-refractivity contribution in [2.45, 2.75) is 26.3 Å². The zero-order valence-electron chi connectivity index (χ0n) is 14.7. The quantitative estimate of drug-likeness (QED) is 0.777. The minimum atomic E-state index is -0.545. The van der Waals surface area contributed by atoms with Crippen LogP contribution in [0.2, 0.25) is 10.0 Å². The highest BCUT2D eigenvalue weighted by atomic mass is 35.5. The summed E-state index contributed by atoms with van der Waals surface area (Å²) in [5.41, 5.74) is 2.52. The van der Waals surface area contributed by atoms with Crippen molar-refractivity contribution in [2.24, 2.45) is 0 Å². The second-order valence-electron chi connectivity index (χ2n) is 6.31. The summed E-state index contributed by atoms with van der Waals surface area (Å²) in [6, 6.07) is 12.2. The summed E-state index contributed by atoms with van der Waals surface area (Å²) in [5, 5.41) is 0.721. The highest BCUT2D eigenvalue weighted by Crippen LogP contribution is 2.26. The molecule has 0 saturated carbocycles. The van der Waals surface area contributed by atoms with Gasteiger partial charge in [0.25, 0.3) is 5.91 Å². The number of halogens is 2. The second-order valence-corrected chi connectivity index (χ2v) is 7.13. The van der Waals surface area contributed by atoms with Gasteiger partial charge in [0.05, 0.1) is 10.0 Å². The Labute approximate surface area is 163 Å². The van der Waals surface area contributed by atoms with Gasteiger partial charge in [-0.05, 0) is 49.2 Å². The molecule has 2 aromatic carbocycles. The molecule has 26 heavy (non-hydrogen) atoms. The summed E-state index contributed by atoms with van der Waals surface area (Å²) in [4.78, 5) is 29.0. The maximum atomic E-state index is 12.8. The fraction of sp³-hybridized carbons (Fsp3) is 0.300. The van der Waals surface area contributed by atoms with Crippen molar-refractivity contribution in [3.05, 3.63) is 63.6 Å². The number of piperazine rings is 1. The summed E-state index contributed by atoms with van der Waals surface area (Å²) in [5.74, 6) is -0.306. The van der Waals surface area contributed by atoms with Crippen LogP contribution >= 0.6 is 23.2 Å². The third kappa shape index (κ3) is 3.57. The van der Waals surface area contributed by atoms with E-state index in [4.69, 9.17) is 23.2 Å². The molecule has 6 heteroatoms. The van der Waals surface area contributed by atoms with E-state index in [1.54, 1.807) is 34.9 Å². The lowest BCUT2D eigenvalue weighted by Crippen LogP contribution is -2.57. The maximum absolute atomic E-state index is 12.8. The van der Waals surface area contributed by atoms with Crippen LogP contribution in [0.4, 0.5) is 5.69 Å². The first-order chi connectivity index (χ1) is 12.4. The van der Waals surface area contributed by atoms with E-state index in [9.17, 15) is 9.59 Å². The predicted molar refractivity (Wildman–Crippen MR) is 105 cm³/mol. The fourth-order valence-electron chi connectivity index (χ4n) is 3.11. The van der Waals surface area contributed by atoms with E-state index in [0.717, 1.165) is 12.1 Å². The van der Waals surface area contributed by atoms with E-state index in [1.807, 2.05) is 24.3 Å². The lowest BCUT2D eigenvalue weighted by Gasteiger charge is -2.39. The number of carbonyl (C=O) groups is 2. The van der Waals surface area contributed by atoms with Gasteiger partial charge in [-0.25, -0.2) is 0 Å². The minimum Gasteiger partial charge on any atom is -0.325 e. The number of carbonyl (C=O) groups excluding carboxylic acids is 2. The SMILES string of the molecule is CCc1ccc(N2CCN(C(=O)c3ccc(Cl)c(Cl)c3)[C@@H](C)C2=O)cc1. The Balaban J connectivity index is 1.78. The zero-order chi connectivity index (χ0) is 18.8. The van der Waals surface area contributed by atoms with Crippen LogP contribution in [0.3, 0.4) is 0 Å². The van der Waals surface area contributed by atoms with E-state index in [1.165, 1.54) is 5.56 Å². The Morgan fingerprint density at radius 2 is 1.77 bits per heavy atom. The fourth-order valence-corrected chi connectivity index (χ4v) is 3.41. The molecule has 2 aromatic rings. The summed E-state index contributed by atoms with van der Waals surface area (Å²) < 4.78 is 0. The molecule has 1 fully saturated rings. The van der Waals surface area contributed by atoms with Gasteiger partial charge < -0.3 is 9.80 Å². The Hall–Kier alpha value is -2.04. The first kappa shape index (κ1) is 18.7. The van der Waals surface area contributed by atoms with Crippen LogP contribution in [0.25, 0.3) is 0 Å². The Kier molecular flexibility index (Phi) is 5.54. The Morgan fingerprint density at radius 3 is 2.38 bits per heavy atom. The Bertz CT molecular complexity index is 836. The van der Waals surface area contributed by atoms with Gasteiger partial charge in [0.1, 0.15) is 6.04 Å². The normalized spacial score (nSPS) is 17.5. The van der Waals surface area contributed by atoms with Crippen LogP contribution in [-0.4, -0.2) is 35.8 Å². The summed E-state index contributed by atoms with van der Waals surface area (Å²) >= 11 is 11.9. The molecule has 4 nitrogen and oxygen atoms in total. The van der Waals surface area contributed by atoms with Gasteiger partial charge >= 0.3 is 0 Å². The number of aryl methyl sites for hydroxylation is 1. The first-order valence-corrected chi connectivity index (χ1v) is 9.34. The molecular weight excluding hydrogens is 371 g/mol. The van der Waals surface area contributed by atoms with E-state index >= 15 is 0 Å². The van der Waals surface area contributed by atoms with Crippen molar-refractivity contribution in [3.8, 4) is 0 Å². The number of rotatable bonds is 3. The van der Waals surface area contributed by atoms with Crippen LogP contribution < -0.4 is 4.90 Å². The maximum Gasteiger partial charge on any atom is 0.254 e. The molecule has 0 unspecified atom stereocenters. The molecule has 0 N–H and O–H groups in total. The largest absolute Gasteiger partial charge is 0.325 e. The van der Waals surface area contributed by atoms with Crippen molar-refractivity contribution in [3.63, 3.8) is 0 Å². The van der Waals surface area contributed by atoms with Crippen LogP contribution in [-0.2, 0) is 11.2 Å². The summed E-state index contributed by atoms with van der Waals surface area (Å²) in [6.45, 7) is 4.77. The molecule has 0 aliphatic carbocycles. The average molecular weight is 391 g/mol.